The van der Waals surface area contributed by atoms with Crippen molar-refractivity contribution in [3.63, 3.8) is 0 Å². The Morgan fingerprint density at radius 1 is 1.80 bits per heavy atom. The average Bonchev–Trinajstić information content (AvgIpc) is 2.48. The molecule has 6 nitrogen and oxygen atoms in total. The first-order valence-corrected chi connectivity index (χ1v) is 4.86. The van der Waals surface area contributed by atoms with Crippen molar-refractivity contribution in [1.82, 2.24) is 15.1 Å². The van der Waals surface area contributed by atoms with Crippen LogP contribution in [-0.2, 0) is 16.6 Å². The number of aryl methyl sites for hydroxylation is 1. The molecule has 1 fully saturated rings. The Balaban J connectivity index is 1.71. The molecule has 0 aliphatic carbocycles. The van der Waals surface area contributed by atoms with Gasteiger partial charge in [0.1, 0.15) is 6.61 Å². The fourth-order valence-electron chi connectivity index (χ4n) is 1.23. The van der Waals surface area contributed by atoms with E-state index in [1.165, 1.54) is 0 Å². The molecule has 2 N–H and O–H groups in total. The Kier molecular flexibility index (Phi) is 2.98. The van der Waals surface area contributed by atoms with Crippen LogP contribution in [0.2, 0.25) is 0 Å². The lowest BCUT2D eigenvalue weighted by Gasteiger charge is -2.26. The van der Waals surface area contributed by atoms with E-state index in [0.29, 0.717) is 5.82 Å². The van der Waals surface area contributed by atoms with E-state index in [1.807, 2.05) is 0 Å². The summed E-state index contributed by atoms with van der Waals surface area (Å²) < 4.78 is 6.94. The molecule has 6 heteroatoms. The van der Waals surface area contributed by atoms with Gasteiger partial charge in [-0.1, -0.05) is 0 Å². The van der Waals surface area contributed by atoms with Gasteiger partial charge in [-0.15, -0.1) is 0 Å². The first-order chi connectivity index (χ1) is 7.24. The maximum absolute atomic E-state index is 11.4. The summed E-state index contributed by atoms with van der Waals surface area (Å²) in [7, 11) is 1.80. The van der Waals surface area contributed by atoms with Crippen LogP contribution < -0.4 is 10.6 Å². The summed E-state index contributed by atoms with van der Waals surface area (Å²) in [5.41, 5.74) is 0. The third kappa shape index (κ3) is 2.77. The standard InChI is InChI=1S/C9H14N4O2/c1-13-3-2-8(12-13)11-9(14)6-15-7-4-10-5-7/h2-3,7,10H,4-6H2,1H3,(H,11,12,14). The van der Waals surface area contributed by atoms with Gasteiger partial charge in [-0.05, 0) is 0 Å². The molecular weight excluding hydrogens is 196 g/mol. The zero-order chi connectivity index (χ0) is 10.7. The van der Waals surface area contributed by atoms with E-state index in [9.17, 15) is 4.79 Å². The van der Waals surface area contributed by atoms with Crippen LogP contribution in [0.3, 0.4) is 0 Å². The number of hydrogen-bond donors (Lipinski definition) is 2. The Bertz CT molecular complexity index is 346. The lowest BCUT2D eigenvalue weighted by atomic mass is 10.2. The highest BCUT2D eigenvalue weighted by Gasteiger charge is 2.18. The van der Waals surface area contributed by atoms with Crippen molar-refractivity contribution in [3.8, 4) is 0 Å². The molecule has 15 heavy (non-hydrogen) atoms. The van der Waals surface area contributed by atoms with Gasteiger partial charge in [-0.25, -0.2) is 0 Å². The molecule has 82 valence electrons. The largest absolute Gasteiger partial charge is 0.366 e. The molecule has 0 aromatic carbocycles. The number of carbonyl (C=O) groups is 1. The van der Waals surface area contributed by atoms with Crippen molar-refractivity contribution in [3.05, 3.63) is 12.3 Å². The normalized spacial score (nSPS) is 16.1. The van der Waals surface area contributed by atoms with Gasteiger partial charge in [-0.3, -0.25) is 9.48 Å². The van der Waals surface area contributed by atoms with E-state index in [0.717, 1.165) is 13.1 Å². The highest BCUT2D eigenvalue weighted by atomic mass is 16.5. The fourth-order valence-corrected chi connectivity index (χ4v) is 1.23. The first-order valence-electron chi connectivity index (χ1n) is 4.86. The molecule has 2 rings (SSSR count). The summed E-state index contributed by atoms with van der Waals surface area (Å²) in [5.74, 6) is 0.387. The topological polar surface area (TPSA) is 68.2 Å². The van der Waals surface area contributed by atoms with Crippen molar-refractivity contribution in [2.24, 2.45) is 7.05 Å². The van der Waals surface area contributed by atoms with Gasteiger partial charge in [0.2, 0.25) is 0 Å². The Morgan fingerprint density at radius 3 is 3.13 bits per heavy atom. The number of rotatable bonds is 4. The third-order valence-electron chi connectivity index (χ3n) is 2.18. The molecule has 0 saturated carbocycles. The highest BCUT2D eigenvalue weighted by molar-refractivity contribution is 5.90. The zero-order valence-electron chi connectivity index (χ0n) is 8.56. The highest BCUT2D eigenvalue weighted by Crippen LogP contribution is 2.02. The number of nitrogens with zero attached hydrogens (tertiary/aromatic N) is 2. The predicted octanol–water partition coefficient (Wildman–Crippen LogP) is -0.653. The van der Waals surface area contributed by atoms with Crippen LogP contribution in [0.15, 0.2) is 12.3 Å². The van der Waals surface area contributed by atoms with Crippen LogP contribution in [0.1, 0.15) is 0 Å². The number of anilines is 1. The second-order valence-electron chi connectivity index (χ2n) is 3.51. The van der Waals surface area contributed by atoms with E-state index in [4.69, 9.17) is 4.74 Å². The summed E-state index contributed by atoms with van der Waals surface area (Å²) in [6.07, 6.45) is 1.95. The van der Waals surface area contributed by atoms with Crippen molar-refractivity contribution in [2.75, 3.05) is 25.0 Å². The molecule has 0 spiro atoms. The van der Waals surface area contributed by atoms with Gasteiger partial charge < -0.3 is 15.4 Å². The van der Waals surface area contributed by atoms with Gasteiger partial charge in [0.25, 0.3) is 5.91 Å². The van der Waals surface area contributed by atoms with Crippen LogP contribution in [0, 0.1) is 0 Å². The second-order valence-corrected chi connectivity index (χ2v) is 3.51. The monoisotopic (exact) mass is 210 g/mol. The van der Waals surface area contributed by atoms with Crippen LogP contribution >= 0.6 is 0 Å². The molecule has 1 aromatic heterocycles. The summed E-state index contributed by atoms with van der Waals surface area (Å²) in [4.78, 5) is 11.4. The maximum Gasteiger partial charge on any atom is 0.251 e. The summed E-state index contributed by atoms with van der Waals surface area (Å²) >= 11 is 0. The van der Waals surface area contributed by atoms with Crippen LogP contribution in [0.4, 0.5) is 5.82 Å². The van der Waals surface area contributed by atoms with Crippen molar-refractivity contribution in [1.29, 1.82) is 0 Å². The number of nitrogens with one attached hydrogen (secondary N) is 2. The van der Waals surface area contributed by atoms with E-state index in [-0.39, 0.29) is 18.6 Å². The number of ether oxygens (including phenoxy) is 1. The van der Waals surface area contributed by atoms with Crippen molar-refractivity contribution >= 4 is 11.7 Å². The summed E-state index contributed by atoms with van der Waals surface area (Å²) in [5, 5.41) is 9.74. The minimum atomic E-state index is -0.166. The molecule has 0 unspecified atom stereocenters. The Labute approximate surface area is 87.6 Å². The van der Waals surface area contributed by atoms with Gasteiger partial charge in [-0.2, -0.15) is 5.10 Å². The van der Waals surface area contributed by atoms with Crippen LogP contribution in [-0.4, -0.2) is 41.5 Å². The fraction of sp³-hybridized carbons (Fsp3) is 0.556. The predicted molar refractivity (Wildman–Crippen MR) is 54.4 cm³/mol. The molecule has 1 aliphatic rings. The van der Waals surface area contributed by atoms with E-state index >= 15 is 0 Å². The molecular formula is C9H14N4O2. The molecule has 1 amide bonds. The molecule has 1 aliphatic heterocycles. The Hall–Kier alpha value is -1.40. The average molecular weight is 210 g/mol. The molecule has 0 radical (unpaired) electrons. The number of amides is 1. The third-order valence-corrected chi connectivity index (χ3v) is 2.18. The second kappa shape index (κ2) is 4.41. The van der Waals surface area contributed by atoms with Gasteiger partial charge in [0.05, 0.1) is 6.10 Å². The zero-order valence-corrected chi connectivity index (χ0v) is 8.56. The summed E-state index contributed by atoms with van der Waals surface area (Å²) in [6, 6.07) is 1.74. The van der Waals surface area contributed by atoms with Gasteiger partial charge in [0.15, 0.2) is 5.82 Å². The smallest absolute Gasteiger partial charge is 0.251 e. The molecule has 0 atom stereocenters. The minimum absolute atomic E-state index is 0.0862. The van der Waals surface area contributed by atoms with Crippen LogP contribution in [0.25, 0.3) is 0 Å². The molecule has 1 saturated heterocycles. The Morgan fingerprint density at radius 2 is 2.60 bits per heavy atom. The number of hydrogen-bond acceptors (Lipinski definition) is 4. The molecule has 0 bridgehead atoms. The SMILES string of the molecule is Cn1ccc(NC(=O)COC2CNC2)n1. The van der Waals surface area contributed by atoms with Gasteiger partial charge >= 0.3 is 0 Å². The quantitative estimate of drug-likeness (QED) is 0.692. The lowest BCUT2D eigenvalue weighted by molar-refractivity contribution is -0.123. The van der Waals surface area contributed by atoms with E-state index in [1.54, 1.807) is 24.0 Å². The maximum atomic E-state index is 11.4. The van der Waals surface area contributed by atoms with Gasteiger partial charge in [0, 0.05) is 32.4 Å². The number of carbonyl (C=O) groups excluding carboxylic acids is 1. The molecule has 2 heterocycles. The van der Waals surface area contributed by atoms with E-state index < -0.39 is 0 Å². The van der Waals surface area contributed by atoms with Crippen LogP contribution in [0.5, 0.6) is 0 Å². The van der Waals surface area contributed by atoms with E-state index in [2.05, 4.69) is 15.7 Å². The minimum Gasteiger partial charge on any atom is -0.366 e. The first kappa shape index (κ1) is 10.1. The lowest BCUT2D eigenvalue weighted by Crippen LogP contribution is -2.49. The molecule has 1 aromatic rings. The van der Waals surface area contributed by atoms with Crippen molar-refractivity contribution in [2.45, 2.75) is 6.10 Å². The van der Waals surface area contributed by atoms with Crippen molar-refractivity contribution < 1.29 is 9.53 Å². The summed E-state index contributed by atoms with van der Waals surface area (Å²) in [6.45, 7) is 1.75. The number of aromatic nitrogens is 2.